The molecule has 2 rings (SSSR count). The van der Waals surface area contributed by atoms with E-state index in [-0.39, 0.29) is 18.3 Å². The van der Waals surface area contributed by atoms with Crippen molar-refractivity contribution in [3.63, 3.8) is 0 Å². The summed E-state index contributed by atoms with van der Waals surface area (Å²) in [5.74, 6) is -0.246. The molecule has 1 aliphatic carbocycles. The highest BCUT2D eigenvalue weighted by Gasteiger charge is 2.52. The maximum Gasteiger partial charge on any atom is 0.307 e. The molecule has 20 heavy (non-hydrogen) atoms. The van der Waals surface area contributed by atoms with Crippen LogP contribution in [0, 0.1) is 0 Å². The lowest BCUT2D eigenvalue weighted by atomic mass is 9.94. The molecule has 1 aliphatic rings. The zero-order valence-electron chi connectivity index (χ0n) is 11.7. The van der Waals surface area contributed by atoms with E-state index in [2.05, 4.69) is 4.74 Å². The number of hydrogen-bond acceptors (Lipinski definition) is 3. The van der Waals surface area contributed by atoms with Gasteiger partial charge < -0.3 is 9.64 Å². The summed E-state index contributed by atoms with van der Waals surface area (Å²) in [6, 6.07) is 7.42. The van der Waals surface area contributed by atoms with E-state index in [1.165, 1.54) is 7.11 Å². The standard InChI is InChI=1S/C15H18ClNO3/c1-17(10-7-13(18)20-2)14(19)15(8-9-15)11-3-5-12(16)6-4-11/h3-6H,7-10H2,1-2H3. The largest absolute Gasteiger partial charge is 0.469 e. The van der Waals surface area contributed by atoms with E-state index in [4.69, 9.17) is 11.6 Å². The topological polar surface area (TPSA) is 46.6 Å². The van der Waals surface area contributed by atoms with Gasteiger partial charge in [0.25, 0.3) is 0 Å². The minimum Gasteiger partial charge on any atom is -0.469 e. The van der Waals surface area contributed by atoms with E-state index in [0.29, 0.717) is 11.6 Å². The van der Waals surface area contributed by atoms with Gasteiger partial charge in [0.15, 0.2) is 0 Å². The summed E-state index contributed by atoms with van der Waals surface area (Å²) in [4.78, 5) is 25.3. The summed E-state index contributed by atoms with van der Waals surface area (Å²) in [6.07, 6.45) is 1.90. The number of nitrogens with zero attached hydrogens (tertiary/aromatic N) is 1. The van der Waals surface area contributed by atoms with Gasteiger partial charge >= 0.3 is 5.97 Å². The molecule has 0 bridgehead atoms. The molecule has 5 heteroatoms. The van der Waals surface area contributed by atoms with Crippen molar-refractivity contribution in [3.8, 4) is 0 Å². The van der Waals surface area contributed by atoms with Crippen LogP contribution in [0.3, 0.4) is 0 Å². The number of ether oxygens (including phenoxy) is 1. The van der Waals surface area contributed by atoms with Crippen molar-refractivity contribution in [3.05, 3.63) is 34.9 Å². The van der Waals surface area contributed by atoms with Crippen LogP contribution in [0.15, 0.2) is 24.3 Å². The maximum absolute atomic E-state index is 12.6. The van der Waals surface area contributed by atoms with Crippen molar-refractivity contribution >= 4 is 23.5 Å². The fraction of sp³-hybridized carbons (Fsp3) is 0.467. The second kappa shape index (κ2) is 5.83. The predicted octanol–water partition coefficient (Wildman–Crippen LogP) is 2.39. The van der Waals surface area contributed by atoms with Crippen molar-refractivity contribution in [2.45, 2.75) is 24.7 Å². The van der Waals surface area contributed by atoms with Crippen LogP contribution in [0.5, 0.6) is 0 Å². The zero-order valence-corrected chi connectivity index (χ0v) is 12.4. The zero-order chi connectivity index (χ0) is 14.8. The summed E-state index contributed by atoms with van der Waals surface area (Å²) in [5, 5.41) is 0.663. The van der Waals surface area contributed by atoms with Crippen molar-refractivity contribution in [1.82, 2.24) is 4.90 Å². The Morgan fingerprint density at radius 2 is 1.90 bits per heavy atom. The summed E-state index contributed by atoms with van der Waals surface area (Å²) < 4.78 is 4.59. The molecule has 0 saturated heterocycles. The van der Waals surface area contributed by atoms with Gasteiger partial charge in [-0.05, 0) is 30.5 Å². The van der Waals surface area contributed by atoms with E-state index >= 15 is 0 Å². The van der Waals surface area contributed by atoms with Crippen LogP contribution in [0.4, 0.5) is 0 Å². The van der Waals surface area contributed by atoms with Crippen molar-refractivity contribution in [2.24, 2.45) is 0 Å². The van der Waals surface area contributed by atoms with Gasteiger partial charge in [0.2, 0.25) is 5.91 Å². The number of benzene rings is 1. The molecule has 1 saturated carbocycles. The molecule has 1 amide bonds. The third-order valence-corrected chi connectivity index (χ3v) is 4.03. The van der Waals surface area contributed by atoms with Crippen LogP contribution in [0.25, 0.3) is 0 Å². The summed E-state index contributed by atoms with van der Waals surface area (Å²) in [6.45, 7) is 0.376. The molecular weight excluding hydrogens is 278 g/mol. The number of carbonyl (C=O) groups is 2. The Morgan fingerprint density at radius 3 is 2.40 bits per heavy atom. The summed E-state index contributed by atoms with van der Waals surface area (Å²) in [5.41, 5.74) is 0.576. The maximum atomic E-state index is 12.6. The van der Waals surface area contributed by atoms with Crippen LogP contribution < -0.4 is 0 Å². The second-order valence-corrected chi connectivity index (χ2v) is 5.58. The molecule has 0 heterocycles. The van der Waals surface area contributed by atoms with Gasteiger partial charge in [0.1, 0.15) is 0 Å². The molecule has 1 fully saturated rings. The highest BCUT2D eigenvalue weighted by atomic mass is 35.5. The van der Waals surface area contributed by atoms with Crippen molar-refractivity contribution in [2.75, 3.05) is 20.7 Å². The number of rotatable bonds is 5. The average Bonchev–Trinajstić information content (AvgIpc) is 3.25. The van der Waals surface area contributed by atoms with Crippen LogP contribution in [-0.2, 0) is 19.7 Å². The van der Waals surface area contributed by atoms with Gasteiger partial charge in [-0.15, -0.1) is 0 Å². The molecule has 0 radical (unpaired) electrons. The lowest BCUT2D eigenvalue weighted by Gasteiger charge is -2.23. The highest BCUT2D eigenvalue weighted by molar-refractivity contribution is 6.30. The molecular formula is C15H18ClNO3. The van der Waals surface area contributed by atoms with Crippen molar-refractivity contribution in [1.29, 1.82) is 0 Å². The Balaban J connectivity index is 2.04. The first-order valence-electron chi connectivity index (χ1n) is 6.58. The van der Waals surface area contributed by atoms with E-state index in [1.54, 1.807) is 24.1 Å². The lowest BCUT2D eigenvalue weighted by molar-refractivity contribution is -0.141. The number of likely N-dealkylation sites (N-methyl/N-ethyl adjacent to an activating group) is 1. The monoisotopic (exact) mass is 295 g/mol. The van der Waals surface area contributed by atoms with Crippen LogP contribution in [0.1, 0.15) is 24.8 Å². The van der Waals surface area contributed by atoms with Crippen LogP contribution in [-0.4, -0.2) is 37.5 Å². The molecule has 0 N–H and O–H groups in total. The predicted molar refractivity (Wildman–Crippen MR) is 76.6 cm³/mol. The Kier molecular flexibility index (Phi) is 4.33. The second-order valence-electron chi connectivity index (χ2n) is 5.14. The Bertz CT molecular complexity index is 508. The molecule has 0 aliphatic heterocycles. The first-order valence-corrected chi connectivity index (χ1v) is 6.96. The average molecular weight is 296 g/mol. The van der Waals surface area contributed by atoms with Gasteiger partial charge in [-0.25, -0.2) is 0 Å². The SMILES string of the molecule is COC(=O)CCN(C)C(=O)C1(c2ccc(Cl)cc2)CC1. The fourth-order valence-corrected chi connectivity index (χ4v) is 2.47. The van der Waals surface area contributed by atoms with E-state index in [1.807, 2.05) is 12.1 Å². The first kappa shape index (κ1) is 14.9. The molecule has 0 atom stereocenters. The molecule has 4 nitrogen and oxygen atoms in total. The first-order chi connectivity index (χ1) is 9.49. The molecule has 1 aromatic rings. The van der Waals surface area contributed by atoms with Gasteiger partial charge in [-0.2, -0.15) is 0 Å². The van der Waals surface area contributed by atoms with Crippen LogP contribution >= 0.6 is 11.6 Å². The number of amides is 1. The Labute approximate surface area is 123 Å². The minimum absolute atomic E-state index is 0.0590. The van der Waals surface area contributed by atoms with Gasteiger partial charge in [-0.1, -0.05) is 23.7 Å². The third-order valence-electron chi connectivity index (χ3n) is 3.78. The smallest absolute Gasteiger partial charge is 0.307 e. The molecule has 0 unspecified atom stereocenters. The highest BCUT2D eigenvalue weighted by Crippen LogP contribution is 2.49. The fourth-order valence-electron chi connectivity index (χ4n) is 2.35. The van der Waals surface area contributed by atoms with E-state index < -0.39 is 5.41 Å². The van der Waals surface area contributed by atoms with E-state index in [9.17, 15) is 9.59 Å². The Hall–Kier alpha value is -1.55. The summed E-state index contributed by atoms with van der Waals surface area (Å²) in [7, 11) is 3.07. The van der Waals surface area contributed by atoms with Crippen molar-refractivity contribution < 1.29 is 14.3 Å². The quantitative estimate of drug-likeness (QED) is 0.784. The molecule has 1 aromatic carbocycles. The number of halogens is 1. The lowest BCUT2D eigenvalue weighted by Crippen LogP contribution is -2.37. The van der Waals surface area contributed by atoms with Gasteiger partial charge in [0.05, 0.1) is 18.9 Å². The normalized spacial score (nSPS) is 15.6. The minimum atomic E-state index is -0.421. The van der Waals surface area contributed by atoms with Gasteiger partial charge in [0, 0.05) is 18.6 Å². The molecule has 0 aromatic heterocycles. The number of esters is 1. The van der Waals surface area contributed by atoms with Gasteiger partial charge in [-0.3, -0.25) is 9.59 Å². The molecule has 108 valence electrons. The Morgan fingerprint density at radius 1 is 1.30 bits per heavy atom. The number of carbonyl (C=O) groups excluding carboxylic acids is 2. The molecule has 0 spiro atoms. The van der Waals surface area contributed by atoms with Crippen LogP contribution in [0.2, 0.25) is 5.02 Å². The number of methoxy groups -OCH3 is 1. The number of hydrogen-bond donors (Lipinski definition) is 0. The summed E-state index contributed by atoms with van der Waals surface area (Å²) >= 11 is 5.88. The third kappa shape index (κ3) is 2.96. The van der Waals surface area contributed by atoms with E-state index in [0.717, 1.165) is 18.4 Å².